The molecule has 1 atom stereocenters. The van der Waals surface area contributed by atoms with Crippen molar-refractivity contribution in [1.29, 1.82) is 0 Å². The smallest absolute Gasteiger partial charge is 0.446 e. The molecule has 15 heavy (non-hydrogen) atoms. The molecule has 0 saturated carbocycles. The Balaban J connectivity index is 5.88. The lowest BCUT2D eigenvalue weighted by Gasteiger charge is -2.27. The molecular weight excluding hydrogens is 245 g/mol. The minimum absolute atomic E-state index is 0.304. The molecule has 0 aliphatic carbocycles. The Morgan fingerprint density at radius 2 is 1.67 bits per heavy atom. The summed E-state index contributed by atoms with van der Waals surface area (Å²) in [5, 5.41) is 0. The zero-order chi connectivity index (χ0) is 12.5. The molecule has 0 aromatic rings. The Bertz CT molecular complexity index is 346. The summed E-state index contributed by atoms with van der Waals surface area (Å²) in [6.45, 7) is 0. The average molecular weight is 252 g/mol. The molecule has 6 nitrogen and oxygen atoms in total. The molecule has 1 N–H and O–H groups in total. The first-order chi connectivity index (χ1) is 6.54. The SMILES string of the molecule is COC(=O)C(OC)(C(F)(F)F)S(=O)(=O)O. The van der Waals surface area contributed by atoms with Crippen LogP contribution < -0.4 is 0 Å². The van der Waals surface area contributed by atoms with Crippen LogP contribution in [0.25, 0.3) is 0 Å². The van der Waals surface area contributed by atoms with E-state index in [4.69, 9.17) is 4.55 Å². The van der Waals surface area contributed by atoms with E-state index in [1.807, 2.05) is 0 Å². The molecule has 0 aromatic carbocycles. The van der Waals surface area contributed by atoms with E-state index in [9.17, 15) is 26.4 Å². The molecule has 0 saturated heterocycles. The maximum Gasteiger partial charge on any atom is 0.446 e. The number of methoxy groups -OCH3 is 2. The zero-order valence-corrected chi connectivity index (χ0v) is 8.35. The van der Waals surface area contributed by atoms with Gasteiger partial charge in [0.2, 0.25) is 0 Å². The number of alkyl halides is 3. The molecule has 10 heteroatoms. The Kier molecular flexibility index (Phi) is 3.72. The van der Waals surface area contributed by atoms with Gasteiger partial charge in [0, 0.05) is 7.11 Å². The second-order valence-electron chi connectivity index (χ2n) is 2.29. The largest absolute Gasteiger partial charge is 0.466 e. The Morgan fingerprint density at radius 1 is 1.27 bits per heavy atom. The summed E-state index contributed by atoms with van der Waals surface area (Å²) in [5.74, 6) is -2.28. The van der Waals surface area contributed by atoms with Gasteiger partial charge in [0.25, 0.3) is 0 Å². The number of esters is 1. The Labute approximate surface area is 82.7 Å². The third kappa shape index (κ3) is 2.06. The van der Waals surface area contributed by atoms with Gasteiger partial charge in [0.1, 0.15) is 0 Å². The summed E-state index contributed by atoms with van der Waals surface area (Å²) in [6, 6.07) is 0. The third-order valence-corrected chi connectivity index (χ3v) is 2.77. The molecule has 0 fully saturated rings. The van der Waals surface area contributed by atoms with Gasteiger partial charge in [-0.25, -0.2) is 4.79 Å². The maximum atomic E-state index is 12.3. The number of carbonyl (C=O) groups excluding carboxylic acids is 1. The highest BCUT2D eigenvalue weighted by molar-refractivity contribution is 7.88. The van der Waals surface area contributed by atoms with Crippen molar-refractivity contribution in [3.05, 3.63) is 0 Å². The summed E-state index contributed by atoms with van der Waals surface area (Å²) in [6.07, 6.45) is -5.66. The lowest BCUT2D eigenvalue weighted by Crippen LogP contribution is -2.59. The molecule has 1 unspecified atom stereocenters. The van der Waals surface area contributed by atoms with Crippen LogP contribution in [0.1, 0.15) is 0 Å². The average Bonchev–Trinajstić information content (AvgIpc) is 2.00. The van der Waals surface area contributed by atoms with Gasteiger partial charge in [0.05, 0.1) is 7.11 Å². The highest BCUT2D eigenvalue weighted by atomic mass is 32.2. The van der Waals surface area contributed by atoms with E-state index in [0.29, 0.717) is 14.2 Å². The molecule has 0 amide bonds. The van der Waals surface area contributed by atoms with Gasteiger partial charge in [0.15, 0.2) is 0 Å². The van der Waals surface area contributed by atoms with Crippen LogP contribution in [0.3, 0.4) is 0 Å². The summed E-state index contributed by atoms with van der Waals surface area (Å²) in [4.78, 5) is 6.34. The van der Waals surface area contributed by atoms with E-state index in [-0.39, 0.29) is 0 Å². The van der Waals surface area contributed by atoms with Gasteiger partial charge in [-0.15, -0.1) is 0 Å². The van der Waals surface area contributed by atoms with E-state index in [1.54, 1.807) is 0 Å². The van der Waals surface area contributed by atoms with E-state index < -0.39 is 27.2 Å². The normalized spacial score (nSPS) is 16.9. The number of rotatable bonds is 3. The molecule has 0 heterocycles. The van der Waals surface area contributed by atoms with E-state index in [0.717, 1.165) is 0 Å². The fourth-order valence-corrected chi connectivity index (χ4v) is 1.60. The van der Waals surface area contributed by atoms with Crippen molar-refractivity contribution in [2.75, 3.05) is 14.2 Å². The van der Waals surface area contributed by atoms with E-state index >= 15 is 0 Å². The summed E-state index contributed by atoms with van der Waals surface area (Å²) >= 11 is 0. The molecular formula is C5H7F3O6S. The van der Waals surface area contributed by atoms with Crippen LogP contribution in [-0.2, 0) is 24.4 Å². The number of ether oxygens (including phenoxy) is 2. The number of carbonyl (C=O) groups is 1. The molecule has 0 aromatic heterocycles. The van der Waals surface area contributed by atoms with Gasteiger partial charge in [-0.05, 0) is 0 Å². The zero-order valence-electron chi connectivity index (χ0n) is 7.53. The minimum atomic E-state index is -5.87. The third-order valence-electron chi connectivity index (χ3n) is 1.48. The minimum Gasteiger partial charge on any atom is -0.466 e. The maximum absolute atomic E-state index is 12.3. The van der Waals surface area contributed by atoms with Crippen molar-refractivity contribution >= 4 is 16.1 Å². The molecule has 90 valence electrons. The van der Waals surface area contributed by atoms with Crippen molar-refractivity contribution in [3.63, 3.8) is 0 Å². The van der Waals surface area contributed by atoms with Crippen LogP contribution >= 0.6 is 0 Å². The highest BCUT2D eigenvalue weighted by Crippen LogP contribution is 2.38. The first-order valence-electron chi connectivity index (χ1n) is 3.22. The lowest BCUT2D eigenvalue weighted by atomic mass is 10.3. The Hall–Kier alpha value is -0.870. The quantitative estimate of drug-likeness (QED) is 0.559. The predicted molar refractivity (Wildman–Crippen MR) is 39.4 cm³/mol. The highest BCUT2D eigenvalue weighted by Gasteiger charge is 2.72. The van der Waals surface area contributed by atoms with Crippen LogP contribution in [0.2, 0.25) is 0 Å². The molecule has 0 rings (SSSR count). The molecule has 0 spiro atoms. The molecule has 0 aliphatic rings. The van der Waals surface area contributed by atoms with Gasteiger partial charge in [-0.1, -0.05) is 0 Å². The summed E-state index contributed by atoms with van der Waals surface area (Å²) < 4.78 is 73.7. The monoisotopic (exact) mass is 252 g/mol. The van der Waals surface area contributed by atoms with Gasteiger partial charge in [-0.3, -0.25) is 4.55 Å². The first-order valence-corrected chi connectivity index (χ1v) is 4.66. The van der Waals surface area contributed by atoms with E-state index in [2.05, 4.69) is 9.47 Å². The first kappa shape index (κ1) is 14.1. The fourth-order valence-electron chi connectivity index (χ4n) is 0.806. The second kappa shape index (κ2) is 3.94. The Morgan fingerprint density at radius 3 is 1.73 bits per heavy atom. The second-order valence-corrected chi connectivity index (χ2v) is 3.81. The molecule has 0 aliphatic heterocycles. The number of halogens is 3. The van der Waals surface area contributed by atoms with Crippen molar-refractivity contribution in [1.82, 2.24) is 0 Å². The number of hydrogen-bond acceptors (Lipinski definition) is 5. The van der Waals surface area contributed by atoms with Crippen LogP contribution in [0.5, 0.6) is 0 Å². The predicted octanol–water partition coefficient (Wildman–Crippen LogP) is -0.0478. The summed E-state index contributed by atoms with van der Waals surface area (Å²) in [5.41, 5.74) is 0. The van der Waals surface area contributed by atoms with Crippen LogP contribution in [-0.4, -0.2) is 44.3 Å². The van der Waals surface area contributed by atoms with Crippen LogP contribution in [0, 0.1) is 0 Å². The standard InChI is InChI=1S/C5H7F3O6S/c1-13-3(9)4(14-2,5(6,7)8)15(10,11)12/h1-2H3,(H,10,11,12). The van der Waals surface area contributed by atoms with E-state index in [1.165, 1.54) is 0 Å². The van der Waals surface area contributed by atoms with Crippen molar-refractivity contribution in [2.24, 2.45) is 0 Å². The van der Waals surface area contributed by atoms with Gasteiger partial charge >= 0.3 is 27.2 Å². The molecule has 0 radical (unpaired) electrons. The lowest BCUT2D eigenvalue weighted by molar-refractivity contribution is -0.240. The van der Waals surface area contributed by atoms with Crippen molar-refractivity contribution in [2.45, 2.75) is 11.1 Å². The van der Waals surface area contributed by atoms with Gasteiger partial charge in [-0.2, -0.15) is 21.6 Å². The number of hydrogen-bond donors (Lipinski definition) is 1. The topological polar surface area (TPSA) is 89.9 Å². The van der Waals surface area contributed by atoms with Crippen LogP contribution in [0.15, 0.2) is 0 Å². The van der Waals surface area contributed by atoms with Crippen LogP contribution in [0.4, 0.5) is 13.2 Å². The van der Waals surface area contributed by atoms with Crippen molar-refractivity contribution < 1.29 is 40.4 Å². The molecule has 0 bridgehead atoms. The summed E-state index contributed by atoms with van der Waals surface area (Å²) in [7, 11) is -5.04. The fraction of sp³-hybridized carbons (Fsp3) is 0.800. The van der Waals surface area contributed by atoms with Crippen molar-refractivity contribution in [3.8, 4) is 0 Å². The van der Waals surface area contributed by atoms with Gasteiger partial charge < -0.3 is 9.47 Å².